The minimum atomic E-state index is -0.200. The molecule has 0 saturated heterocycles. The first kappa shape index (κ1) is 16.1. The van der Waals surface area contributed by atoms with Crippen molar-refractivity contribution in [3.63, 3.8) is 0 Å². The van der Waals surface area contributed by atoms with Crippen molar-refractivity contribution in [2.45, 2.75) is 13.3 Å². The van der Waals surface area contributed by atoms with Gasteiger partial charge < -0.3 is 15.4 Å². The lowest BCUT2D eigenvalue weighted by Gasteiger charge is -2.08. The third-order valence-corrected chi connectivity index (χ3v) is 4.21. The predicted octanol–water partition coefficient (Wildman–Crippen LogP) is 3.54. The SMILES string of the molecule is COc1ccc(NC(=O)c2ccc(NC(=O)[C@@H]3C[C@@H]3C)cc2)cc1. The predicted molar refractivity (Wildman–Crippen MR) is 93.3 cm³/mol. The third-order valence-electron chi connectivity index (χ3n) is 4.21. The Bertz CT molecular complexity index is 738. The smallest absolute Gasteiger partial charge is 0.255 e. The van der Waals surface area contributed by atoms with Gasteiger partial charge in [-0.05, 0) is 60.9 Å². The zero-order valence-electron chi connectivity index (χ0n) is 13.7. The Morgan fingerprint density at radius 2 is 1.50 bits per heavy atom. The minimum Gasteiger partial charge on any atom is -0.497 e. The summed E-state index contributed by atoms with van der Waals surface area (Å²) in [5, 5.41) is 5.70. The molecule has 0 unspecified atom stereocenters. The highest BCUT2D eigenvalue weighted by molar-refractivity contribution is 6.04. The second-order valence-corrected chi connectivity index (χ2v) is 6.07. The van der Waals surface area contributed by atoms with E-state index in [2.05, 4.69) is 17.6 Å². The van der Waals surface area contributed by atoms with Crippen molar-refractivity contribution >= 4 is 23.2 Å². The average molecular weight is 324 g/mol. The zero-order valence-corrected chi connectivity index (χ0v) is 13.7. The van der Waals surface area contributed by atoms with Gasteiger partial charge in [0.1, 0.15) is 5.75 Å². The third kappa shape index (κ3) is 3.74. The average Bonchev–Trinajstić information content (AvgIpc) is 3.33. The number of nitrogens with one attached hydrogen (secondary N) is 2. The summed E-state index contributed by atoms with van der Waals surface area (Å²) in [6.07, 6.45) is 0.953. The van der Waals surface area contributed by atoms with Crippen LogP contribution >= 0.6 is 0 Å². The van der Waals surface area contributed by atoms with E-state index in [1.54, 1.807) is 55.6 Å². The van der Waals surface area contributed by atoms with E-state index in [9.17, 15) is 9.59 Å². The Hall–Kier alpha value is -2.82. The molecule has 1 fully saturated rings. The second kappa shape index (κ2) is 6.74. The summed E-state index contributed by atoms with van der Waals surface area (Å²) >= 11 is 0. The molecule has 2 amide bonds. The van der Waals surface area contributed by atoms with Gasteiger partial charge in [0.05, 0.1) is 7.11 Å². The molecule has 24 heavy (non-hydrogen) atoms. The first-order valence-corrected chi connectivity index (χ1v) is 7.93. The van der Waals surface area contributed by atoms with Gasteiger partial charge in [0.2, 0.25) is 5.91 Å². The lowest BCUT2D eigenvalue weighted by atomic mass is 10.2. The van der Waals surface area contributed by atoms with Gasteiger partial charge in [-0.3, -0.25) is 9.59 Å². The van der Waals surface area contributed by atoms with Crippen LogP contribution in [0.3, 0.4) is 0 Å². The Morgan fingerprint density at radius 1 is 0.958 bits per heavy atom. The molecule has 0 radical (unpaired) electrons. The summed E-state index contributed by atoms with van der Waals surface area (Å²) in [5.41, 5.74) is 1.93. The first-order valence-electron chi connectivity index (χ1n) is 7.93. The molecule has 124 valence electrons. The van der Waals surface area contributed by atoms with Crippen molar-refractivity contribution in [2.75, 3.05) is 17.7 Å². The van der Waals surface area contributed by atoms with Gasteiger partial charge in [0, 0.05) is 22.9 Å². The molecule has 0 aromatic heterocycles. The summed E-state index contributed by atoms with van der Waals surface area (Å²) in [4.78, 5) is 24.1. The van der Waals surface area contributed by atoms with Gasteiger partial charge in [-0.2, -0.15) is 0 Å². The highest BCUT2D eigenvalue weighted by Crippen LogP contribution is 2.38. The van der Waals surface area contributed by atoms with Crippen LogP contribution in [0, 0.1) is 11.8 Å². The zero-order chi connectivity index (χ0) is 17.1. The van der Waals surface area contributed by atoms with E-state index in [4.69, 9.17) is 4.74 Å². The van der Waals surface area contributed by atoms with E-state index in [1.165, 1.54) is 0 Å². The van der Waals surface area contributed by atoms with Gasteiger partial charge in [0.15, 0.2) is 0 Å². The van der Waals surface area contributed by atoms with Crippen LogP contribution in [0.2, 0.25) is 0 Å². The van der Waals surface area contributed by atoms with Crippen molar-refractivity contribution in [1.29, 1.82) is 0 Å². The topological polar surface area (TPSA) is 67.4 Å². The van der Waals surface area contributed by atoms with Crippen LogP contribution in [0.15, 0.2) is 48.5 Å². The summed E-state index contributed by atoms with van der Waals surface area (Å²) in [5.74, 6) is 1.19. The maximum absolute atomic E-state index is 12.2. The van der Waals surface area contributed by atoms with Crippen LogP contribution in [0.4, 0.5) is 11.4 Å². The molecule has 0 aliphatic heterocycles. The number of carbonyl (C=O) groups excluding carboxylic acids is 2. The summed E-state index contributed by atoms with van der Waals surface area (Å²) < 4.78 is 5.08. The van der Waals surface area contributed by atoms with Gasteiger partial charge in [0.25, 0.3) is 5.91 Å². The van der Waals surface area contributed by atoms with E-state index in [1.807, 2.05) is 0 Å². The number of hydrogen-bond donors (Lipinski definition) is 2. The standard InChI is InChI=1S/C19H20N2O3/c1-12-11-17(12)19(23)21-14-5-3-13(4-6-14)18(22)20-15-7-9-16(24-2)10-8-15/h3-10,12,17H,11H2,1-2H3,(H,20,22)(H,21,23)/t12-,17+/m0/s1. The molecule has 5 heteroatoms. The normalized spacial score (nSPS) is 18.6. The molecule has 2 atom stereocenters. The van der Waals surface area contributed by atoms with Crippen molar-refractivity contribution in [1.82, 2.24) is 0 Å². The van der Waals surface area contributed by atoms with E-state index < -0.39 is 0 Å². The molecule has 5 nitrogen and oxygen atoms in total. The molecule has 1 saturated carbocycles. The summed E-state index contributed by atoms with van der Waals surface area (Å²) in [7, 11) is 1.60. The first-order chi connectivity index (χ1) is 11.6. The summed E-state index contributed by atoms with van der Waals surface area (Å²) in [6.45, 7) is 2.07. The quantitative estimate of drug-likeness (QED) is 0.884. The number of ether oxygens (including phenoxy) is 1. The molecule has 3 rings (SSSR count). The van der Waals surface area contributed by atoms with Crippen molar-refractivity contribution in [3.8, 4) is 5.75 Å². The van der Waals surface area contributed by atoms with E-state index in [0.717, 1.165) is 12.2 Å². The van der Waals surface area contributed by atoms with Crippen LogP contribution in [-0.4, -0.2) is 18.9 Å². The van der Waals surface area contributed by atoms with Gasteiger partial charge in [-0.1, -0.05) is 6.92 Å². The molecule has 0 heterocycles. The van der Waals surface area contributed by atoms with E-state index in [0.29, 0.717) is 22.9 Å². The molecule has 0 spiro atoms. The largest absolute Gasteiger partial charge is 0.497 e. The second-order valence-electron chi connectivity index (χ2n) is 6.07. The lowest BCUT2D eigenvalue weighted by molar-refractivity contribution is -0.117. The molecular formula is C19H20N2O3. The molecule has 2 aromatic carbocycles. The van der Waals surface area contributed by atoms with Gasteiger partial charge in [-0.15, -0.1) is 0 Å². The highest BCUT2D eigenvalue weighted by atomic mass is 16.5. The van der Waals surface area contributed by atoms with Crippen LogP contribution in [0.5, 0.6) is 5.75 Å². The molecule has 1 aliphatic rings. The Morgan fingerprint density at radius 3 is 2.04 bits per heavy atom. The summed E-state index contributed by atoms with van der Waals surface area (Å²) in [6, 6.07) is 14.0. The molecule has 0 bridgehead atoms. The number of carbonyl (C=O) groups is 2. The maximum Gasteiger partial charge on any atom is 0.255 e. The van der Waals surface area contributed by atoms with E-state index in [-0.39, 0.29) is 17.7 Å². The van der Waals surface area contributed by atoms with Gasteiger partial charge >= 0.3 is 0 Å². The number of amides is 2. The Balaban J connectivity index is 1.59. The fraction of sp³-hybridized carbons (Fsp3) is 0.263. The van der Waals surface area contributed by atoms with Crippen LogP contribution in [0.25, 0.3) is 0 Å². The van der Waals surface area contributed by atoms with Gasteiger partial charge in [-0.25, -0.2) is 0 Å². The minimum absolute atomic E-state index is 0.0536. The van der Waals surface area contributed by atoms with Crippen LogP contribution < -0.4 is 15.4 Å². The van der Waals surface area contributed by atoms with Crippen LogP contribution in [0.1, 0.15) is 23.7 Å². The number of methoxy groups -OCH3 is 1. The molecule has 2 aromatic rings. The van der Waals surface area contributed by atoms with Crippen molar-refractivity contribution in [3.05, 3.63) is 54.1 Å². The Kier molecular flexibility index (Phi) is 4.51. The van der Waals surface area contributed by atoms with Crippen LogP contribution in [-0.2, 0) is 4.79 Å². The number of benzene rings is 2. The lowest BCUT2D eigenvalue weighted by Crippen LogP contribution is -2.15. The number of hydrogen-bond acceptors (Lipinski definition) is 3. The fourth-order valence-electron chi connectivity index (χ4n) is 2.50. The van der Waals surface area contributed by atoms with E-state index >= 15 is 0 Å². The van der Waals surface area contributed by atoms with Crippen molar-refractivity contribution in [2.24, 2.45) is 11.8 Å². The molecule has 2 N–H and O–H groups in total. The highest BCUT2D eigenvalue weighted by Gasteiger charge is 2.39. The number of anilines is 2. The Labute approximate surface area is 141 Å². The monoisotopic (exact) mass is 324 g/mol. The fourth-order valence-corrected chi connectivity index (χ4v) is 2.50. The number of rotatable bonds is 5. The molecular weight excluding hydrogens is 304 g/mol. The molecule has 1 aliphatic carbocycles. The maximum atomic E-state index is 12.2. The van der Waals surface area contributed by atoms with Crippen molar-refractivity contribution < 1.29 is 14.3 Å².